The second-order valence-electron chi connectivity index (χ2n) is 3.33. The molecule has 1 aliphatic rings. The molecule has 0 radical (unpaired) electrons. The summed E-state index contributed by atoms with van der Waals surface area (Å²) in [5.74, 6) is -0.904. The molecule has 0 bridgehead atoms. The van der Waals surface area contributed by atoms with Crippen LogP contribution in [0.3, 0.4) is 0 Å². The van der Waals surface area contributed by atoms with Crippen LogP contribution in [-0.4, -0.2) is 11.1 Å². The van der Waals surface area contributed by atoms with Crippen molar-refractivity contribution < 1.29 is 9.90 Å². The van der Waals surface area contributed by atoms with Gasteiger partial charge in [-0.1, -0.05) is 30.3 Å². The van der Waals surface area contributed by atoms with Gasteiger partial charge in [0, 0.05) is 5.56 Å². The number of rotatable bonds is 4. The van der Waals surface area contributed by atoms with Gasteiger partial charge in [-0.25, -0.2) is 4.79 Å². The van der Waals surface area contributed by atoms with Gasteiger partial charge in [-0.15, -0.1) is 6.58 Å². The van der Waals surface area contributed by atoms with Crippen LogP contribution in [0.2, 0.25) is 0 Å². The summed E-state index contributed by atoms with van der Waals surface area (Å²) in [6.45, 7) is 3.68. The third-order valence-corrected chi connectivity index (χ3v) is 2.30. The van der Waals surface area contributed by atoms with E-state index < -0.39 is 5.97 Å². The molecular weight excluding hydrogens is 190 g/mol. The number of nitrogens with one attached hydrogen (secondary N) is 1. The van der Waals surface area contributed by atoms with Crippen molar-refractivity contribution in [2.75, 3.05) is 0 Å². The van der Waals surface area contributed by atoms with Gasteiger partial charge in [0.25, 0.3) is 0 Å². The third kappa shape index (κ3) is 1.76. The molecule has 0 spiro atoms. The van der Waals surface area contributed by atoms with E-state index in [-0.39, 0.29) is 0 Å². The summed E-state index contributed by atoms with van der Waals surface area (Å²) >= 11 is 0. The van der Waals surface area contributed by atoms with Gasteiger partial charge in [-0.2, -0.15) is 0 Å². The average molecular weight is 201 g/mol. The van der Waals surface area contributed by atoms with Crippen molar-refractivity contribution in [2.45, 2.75) is 6.42 Å². The van der Waals surface area contributed by atoms with Gasteiger partial charge in [0.2, 0.25) is 0 Å². The average Bonchev–Trinajstić information content (AvgIpc) is 2.99. The zero-order valence-electron chi connectivity index (χ0n) is 8.16. The SMILES string of the molecule is C=CCc1ccccc1C1=C(C(=O)O)N1. The van der Waals surface area contributed by atoms with Crippen molar-refractivity contribution in [3.05, 3.63) is 53.7 Å². The maximum Gasteiger partial charge on any atom is 0.354 e. The molecule has 0 amide bonds. The highest BCUT2D eigenvalue weighted by Crippen LogP contribution is 2.29. The highest BCUT2D eigenvalue weighted by molar-refractivity contribution is 6.05. The van der Waals surface area contributed by atoms with Crippen molar-refractivity contribution in [3.63, 3.8) is 0 Å². The molecule has 0 saturated heterocycles. The normalized spacial score (nSPS) is 13.3. The number of allylic oxidation sites excluding steroid dienone is 1. The van der Waals surface area contributed by atoms with E-state index in [0.717, 1.165) is 23.2 Å². The molecule has 3 nitrogen and oxygen atoms in total. The van der Waals surface area contributed by atoms with Gasteiger partial charge in [0.05, 0.1) is 5.70 Å². The van der Waals surface area contributed by atoms with E-state index in [2.05, 4.69) is 11.9 Å². The standard InChI is InChI=1S/C12H11NO2/c1-2-5-8-6-3-4-7-9(8)10-11(13-10)12(14)15/h2-4,6-7,13H,1,5H2,(H,14,15). The van der Waals surface area contributed by atoms with E-state index >= 15 is 0 Å². The van der Waals surface area contributed by atoms with Crippen molar-refractivity contribution in [3.8, 4) is 0 Å². The van der Waals surface area contributed by atoms with Crippen LogP contribution in [0.4, 0.5) is 0 Å². The van der Waals surface area contributed by atoms with Gasteiger partial charge in [-0.05, 0) is 12.0 Å². The van der Waals surface area contributed by atoms with Crippen molar-refractivity contribution >= 4 is 11.7 Å². The lowest BCUT2D eigenvalue weighted by Crippen LogP contribution is -1.95. The molecule has 15 heavy (non-hydrogen) atoms. The zero-order valence-corrected chi connectivity index (χ0v) is 8.16. The monoisotopic (exact) mass is 201 g/mol. The Morgan fingerprint density at radius 1 is 1.47 bits per heavy atom. The first-order chi connectivity index (χ1) is 7.24. The Hall–Kier alpha value is -2.03. The summed E-state index contributed by atoms with van der Waals surface area (Å²) in [5.41, 5.74) is 3.06. The summed E-state index contributed by atoms with van der Waals surface area (Å²) < 4.78 is 0. The molecule has 1 aromatic rings. The van der Waals surface area contributed by atoms with Gasteiger partial charge in [0.1, 0.15) is 5.70 Å². The number of carboxylic acid groups (broad SMARTS) is 1. The Morgan fingerprint density at radius 3 is 2.80 bits per heavy atom. The Morgan fingerprint density at radius 2 is 2.20 bits per heavy atom. The minimum absolute atomic E-state index is 0.298. The predicted molar refractivity (Wildman–Crippen MR) is 58.0 cm³/mol. The molecule has 1 aromatic carbocycles. The molecule has 0 unspecified atom stereocenters. The fraction of sp³-hybridized carbons (Fsp3) is 0.0833. The summed E-state index contributed by atoms with van der Waals surface area (Å²) in [6, 6.07) is 7.72. The number of aliphatic carboxylic acids is 1. The molecule has 0 saturated carbocycles. The number of carboxylic acids is 1. The Labute approximate surface area is 87.7 Å². The van der Waals surface area contributed by atoms with Gasteiger partial charge >= 0.3 is 5.97 Å². The highest BCUT2D eigenvalue weighted by Gasteiger charge is 2.29. The second kappa shape index (κ2) is 3.61. The summed E-state index contributed by atoms with van der Waals surface area (Å²) in [6.07, 6.45) is 2.55. The molecule has 0 atom stereocenters. The fourth-order valence-electron chi connectivity index (χ4n) is 1.55. The van der Waals surface area contributed by atoms with Crippen molar-refractivity contribution in [2.24, 2.45) is 0 Å². The number of carbonyl (C=O) groups is 1. The van der Waals surface area contributed by atoms with Crippen LogP contribution >= 0.6 is 0 Å². The lowest BCUT2D eigenvalue weighted by Gasteiger charge is -2.01. The highest BCUT2D eigenvalue weighted by atomic mass is 16.4. The summed E-state index contributed by atoms with van der Waals surface area (Å²) in [7, 11) is 0. The van der Waals surface area contributed by atoms with Crippen LogP contribution in [0, 0.1) is 0 Å². The molecule has 0 fully saturated rings. The molecule has 0 aliphatic carbocycles. The van der Waals surface area contributed by atoms with E-state index in [1.54, 1.807) is 0 Å². The van der Waals surface area contributed by atoms with Gasteiger partial charge < -0.3 is 10.4 Å². The first kappa shape index (κ1) is 9.52. The molecule has 76 valence electrons. The smallest absolute Gasteiger partial charge is 0.354 e. The topological polar surface area (TPSA) is 59.2 Å². The molecule has 1 heterocycles. The third-order valence-electron chi connectivity index (χ3n) is 2.30. The lowest BCUT2D eigenvalue weighted by molar-refractivity contribution is -0.132. The predicted octanol–water partition coefficient (Wildman–Crippen LogP) is 1.77. The van der Waals surface area contributed by atoms with Gasteiger partial charge in [-0.3, -0.25) is 0 Å². The second-order valence-corrected chi connectivity index (χ2v) is 3.33. The molecular formula is C12H11NO2. The van der Waals surface area contributed by atoms with E-state index in [1.165, 1.54) is 0 Å². The summed E-state index contributed by atoms with van der Waals surface area (Å²) in [4.78, 5) is 10.7. The number of hydrogen-bond donors (Lipinski definition) is 2. The Bertz CT molecular complexity index is 460. The maximum absolute atomic E-state index is 10.7. The first-order valence-corrected chi connectivity index (χ1v) is 4.68. The first-order valence-electron chi connectivity index (χ1n) is 4.68. The number of benzene rings is 1. The van der Waals surface area contributed by atoms with Crippen molar-refractivity contribution in [1.29, 1.82) is 0 Å². The molecule has 3 heteroatoms. The summed E-state index contributed by atoms with van der Waals surface area (Å²) in [5, 5.41) is 11.5. The molecule has 2 N–H and O–H groups in total. The Kier molecular flexibility index (Phi) is 2.29. The maximum atomic E-state index is 10.7. The zero-order chi connectivity index (χ0) is 10.8. The van der Waals surface area contributed by atoms with Crippen LogP contribution in [0.1, 0.15) is 11.1 Å². The minimum Gasteiger partial charge on any atom is -0.477 e. The molecule has 2 rings (SSSR count). The van der Waals surface area contributed by atoms with E-state index in [9.17, 15) is 4.79 Å². The lowest BCUT2D eigenvalue weighted by atomic mass is 10.0. The van der Waals surface area contributed by atoms with E-state index in [4.69, 9.17) is 5.11 Å². The van der Waals surface area contributed by atoms with Crippen LogP contribution in [-0.2, 0) is 11.2 Å². The van der Waals surface area contributed by atoms with Crippen molar-refractivity contribution in [1.82, 2.24) is 5.32 Å². The fourth-order valence-corrected chi connectivity index (χ4v) is 1.55. The minimum atomic E-state index is -0.904. The van der Waals surface area contributed by atoms with Crippen LogP contribution in [0.5, 0.6) is 0 Å². The van der Waals surface area contributed by atoms with Crippen LogP contribution in [0.15, 0.2) is 42.6 Å². The van der Waals surface area contributed by atoms with Crippen LogP contribution < -0.4 is 5.32 Å². The van der Waals surface area contributed by atoms with Gasteiger partial charge in [0.15, 0.2) is 0 Å². The van der Waals surface area contributed by atoms with Crippen LogP contribution in [0.25, 0.3) is 5.70 Å². The number of hydrogen-bond acceptors (Lipinski definition) is 2. The molecule has 0 aromatic heterocycles. The van der Waals surface area contributed by atoms with E-state index in [0.29, 0.717) is 5.70 Å². The quantitative estimate of drug-likeness (QED) is 0.730. The largest absolute Gasteiger partial charge is 0.477 e. The molecule has 1 aliphatic heterocycles. The Balaban J connectivity index is 2.37. The van der Waals surface area contributed by atoms with E-state index in [1.807, 2.05) is 30.3 Å².